The number of morpholine rings is 1. The molecule has 0 radical (unpaired) electrons. The van der Waals surface area contributed by atoms with Crippen molar-refractivity contribution in [1.29, 1.82) is 0 Å². The quantitative estimate of drug-likeness (QED) is 0.571. The van der Waals surface area contributed by atoms with E-state index in [0.717, 1.165) is 4.80 Å². The van der Waals surface area contributed by atoms with E-state index >= 15 is 0 Å². The van der Waals surface area contributed by atoms with E-state index in [0.29, 0.717) is 18.8 Å². The Balaban J connectivity index is 1.47. The SMILES string of the molecule is O=C(Cn1nnc(-c2cccc(F)c2)n1)Nc1ccc(Cl)c(S(=O)(=O)N2CCOCC2)c1. The van der Waals surface area contributed by atoms with E-state index in [4.69, 9.17) is 16.3 Å². The normalized spacial score (nSPS) is 14.9. The third-order valence-corrected chi connectivity index (χ3v) is 7.00. The van der Waals surface area contributed by atoms with E-state index in [1.54, 1.807) is 6.07 Å². The standard InChI is InChI=1S/C19H18ClFN6O4S/c20-16-5-4-15(11-17(16)32(29,30)26-6-8-31-9-7-26)22-18(28)12-27-24-19(23-25-27)13-2-1-3-14(21)10-13/h1-5,10-11H,6-9,12H2,(H,22,28). The van der Waals surface area contributed by atoms with Crippen LogP contribution in [0.15, 0.2) is 47.4 Å². The molecule has 1 aliphatic rings. The van der Waals surface area contributed by atoms with Gasteiger partial charge in [-0.15, -0.1) is 10.2 Å². The number of carbonyl (C=O) groups excluding carboxylic acids is 1. The number of benzene rings is 2. The van der Waals surface area contributed by atoms with Gasteiger partial charge in [0.1, 0.15) is 17.3 Å². The molecule has 0 bridgehead atoms. The first-order valence-electron chi connectivity index (χ1n) is 9.54. The van der Waals surface area contributed by atoms with Gasteiger partial charge in [-0.3, -0.25) is 4.79 Å². The van der Waals surface area contributed by atoms with Crippen LogP contribution in [0.3, 0.4) is 0 Å². The van der Waals surface area contributed by atoms with Crippen LogP contribution < -0.4 is 5.32 Å². The molecule has 0 atom stereocenters. The summed E-state index contributed by atoms with van der Waals surface area (Å²) < 4.78 is 45.7. The molecule has 0 unspecified atom stereocenters. The zero-order valence-corrected chi connectivity index (χ0v) is 18.2. The third-order valence-electron chi connectivity index (χ3n) is 4.62. The summed E-state index contributed by atoms with van der Waals surface area (Å²) in [5.74, 6) is -0.782. The Morgan fingerprint density at radius 1 is 1.19 bits per heavy atom. The minimum atomic E-state index is -3.84. The topological polar surface area (TPSA) is 119 Å². The molecular formula is C19H18ClFN6O4S. The molecule has 10 nitrogen and oxygen atoms in total. The third kappa shape index (κ3) is 4.93. The molecule has 1 amide bonds. The molecule has 4 rings (SSSR count). The first kappa shape index (κ1) is 22.3. The summed E-state index contributed by atoms with van der Waals surface area (Å²) in [5.41, 5.74) is 0.670. The lowest BCUT2D eigenvalue weighted by Crippen LogP contribution is -2.40. The highest BCUT2D eigenvalue weighted by atomic mass is 35.5. The van der Waals surface area contributed by atoms with Gasteiger partial charge in [-0.2, -0.15) is 9.10 Å². The van der Waals surface area contributed by atoms with Crippen LogP contribution in [0.25, 0.3) is 11.4 Å². The van der Waals surface area contributed by atoms with Crippen molar-refractivity contribution in [3.63, 3.8) is 0 Å². The Bertz CT molecular complexity index is 1250. The summed E-state index contributed by atoms with van der Waals surface area (Å²) in [6.45, 7) is 0.768. The molecule has 2 aromatic carbocycles. The molecule has 32 heavy (non-hydrogen) atoms. The number of tetrazole rings is 1. The Labute approximate surface area is 188 Å². The number of anilines is 1. The molecule has 0 aliphatic carbocycles. The van der Waals surface area contributed by atoms with Gasteiger partial charge >= 0.3 is 0 Å². The fraction of sp³-hybridized carbons (Fsp3) is 0.263. The highest BCUT2D eigenvalue weighted by molar-refractivity contribution is 7.89. The lowest BCUT2D eigenvalue weighted by Gasteiger charge is -2.26. The van der Waals surface area contributed by atoms with E-state index in [-0.39, 0.29) is 41.1 Å². The monoisotopic (exact) mass is 480 g/mol. The summed E-state index contributed by atoms with van der Waals surface area (Å²) in [6.07, 6.45) is 0. The summed E-state index contributed by atoms with van der Waals surface area (Å²) in [7, 11) is -3.84. The minimum absolute atomic E-state index is 0.0483. The number of amides is 1. The van der Waals surface area contributed by atoms with Crippen molar-refractivity contribution in [3.05, 3.63) is 53.3 Å². The van der Waals surface area contributed by atoms with Gasteiger partial charge in [-0.25, -0.2) is 12.8 Å². The Kier molecular flexibility index (Phi) is 6.46. The van der Waals surface area contributed by atoms with Gasteiger partial charge in [0.15, 0.2) is 0 Å². The van der Waals surface area contributed by atoms with Crippen LogP contribution in [0, 0.1) is 5.82 Å². The second-order valence-electron chi connectivity index (χ2n) is 6.86. The smallest absolute Gasteiger partial charge is 0.248 e. The Morgan fingerprint density at radius 2 is 1.97 bits per heavy atom. The average molecular weight is 481 g/mol. The van der Waals surface area contributed by atoms with Crippen LogP contribution in [-0.2, 0) is 26.1 Å². The fourth-order valence-electron chi connectivity index (χ4n) is 3.09. The summed E-state index contributed by atoms with van der Waals surface area (Å²) in [6, 6.07) is 9.88. The lowest BCUT2D eigenvalue weighted by molar-refractivity contribution is -0.117. The van der Waals surface area contributed by atoms with Crippen LogP contribution >= 0.6 is 11.6 Å². The van der Waals surface area contributed by atoms with Crippen molar-refractivity contribution >= 4 is 33.2 Å². The van der Waals surface area contributed by atoms with Crippen LogP contribution in [0.1, 0.15) is 0 Å². The van der Waals surface area contributed by atoms with Gasteiger partial charge in [0, 0.05) is 24.3 Å². The van der Waals surface area contributed by atoms with Gasteiger partial charge < -0.3 is 10.1 Å². The van der Waals surface area contributed by atoms with Gasteiger partial charge in [-0.1, -0.05) is 23.7 Å². The molecule has 0 saturated carbocycles. The molecule has 1 N–H and O–H groups in total. The molecule has 3 aromatic rings. The number of hydrogen-bond donors (Lipinski definition) is 1. The highest BCUT2D eigenvalue weighted by Gasteiger charge is 2.28. The number of rotatable bonds is 6. The van der Waals surface area contributed by atoms with Crippen LogP contribution in [0.5, 0.6) is 0 Å². The summed E-state index contributed by atoms with van der Waals surface area (Å²) >= 11 is 6.13. The lowest BCUT2D eigenvalue weighted by atomic mass is 10.2. The zero-order valence-electron chi connectivity index (χ0n) is 16.6. The molecule has 1 saturated heterocycles. The van der Waals surface area contributed by atoms with Gasteiger partial charge in [0.25, 0.3) is 0 Å². The van der Waals surface area contributed by atoms with E-state index in [9.17, 15) is 17.6 Å². The number of nitrogens with one attached hydrogen (secondary N) is 1. The molecule has 1 fully saturated rings. The average Bonchev–Trinajstić information content (AvgIpc) is 3.24. The van der Waals surface area contributed by atoms with Crippen molar-refractivity contribution in [2.24, 2.45) is 0 Å². The van der Waals surface area contributed by atoms with Crippen LogP contribution in [0.2, 0.25) is 5.02 Å². The van der Waals surface area contributed by atoms with Gasteiger partial charge in [-0.05, 0) is 35.5 Å². The number of ether oxygens (including phenoxy) is 1. The number of hydrogen-bond acceptors (Lipinski definition) is 7. The summed E-state index contributed by atoms with van der Waals surface area (Å²) in [5, 5.41) is 14.3. The first-order chi connectivity index (χ1) is 15.3. The maximum atomic E-state index is 13.4. The zero-order chi connectivity index (χ0) is 22.7. The molecule has 0 spiro atoms. The second kappa shape index (κ2) is 9.28. The number of aromatic nitrogens is 4. The molecular weight excluding hydrogens is 463 g/mol. The Hall–Kier alpha value is -2.93. The fourth-order valence-corrected chi connectivity index (χ4v) is 5.00. The van der Waals surface area contributed by atoms with Gasteiger partial charge in [0.2, 0.25) is 21.8 Å². The van der Waals surface area contributed by atoms with Crippen molar-refractivity contribution < 1.29 is 22.3 Å². The predicted molar refractivity (Wildman–Crippen MR) is 113 cm³/mol. The number of carbonyl (C=O) groups is 1. The number of sulfonamides is 1. The molecule has 1 aliphatic heterocycles. The molecule has 1 aromatic heterocycles. The maximum Gasteiger partial charge on any atom is 0.248 e. The van der Waals surface area contributed by atoms with Crippen molar-refractivity contribution in [1.82, 2.24) is 24.5 Å². The largest absolute Gasteiger partial charge is 0.379 e. The highest BCUT2D eigenvalue weighted by Crippen LogP contribution is 2.28. The van der Waals surface area contributed by atoms with E-state index in [1.165, 1.54) is 40.7 Å². The van der Waals surface area contributed by atoms with E-state index in [1.807, 2.05) is 0 Å². The maximum absolute atomic E-state index is 13.4. The summed E-state index contributed by atoms with van der Waals surface area (Å²) in [4.78, 5) is 13.4. The Morgan fingerprint density at radius 3 is 2.72 bits per heavy atom. The van der Waals surface area contributed by atoms with Crippen molar-refractivity contribution in [3.8, 4) is 11.4 Å². The molecule has 13 heteroatoms. The molecule has 2 heterocycles. The number of nitrogens with zero attached hydrogens (tertiary/aromatic N) is 5. The van der Waals surface area contributed by atoms with Crippen LogP contribution in [-0.4, -0.2) is 65.1 Å². The van der Waals surface area contributed by atoms with E-state index in [2.05, 4.69) is 20.7 Å². The predicted octanol–water partition coefficient (Wildman–Crippen LogP) is 1.79. The first-order valence-corrected chi connectivity index (χ1v) is 11.4. The van der Waals surface area contributed by atoms with Crippen LogP contribution in [0.4, 0.5) is 10.1 Å². The second-order valence-corrected chi connectivity index (χ2v) is 9.18. The minimum Gasteiger partial charge on any atom is -0.379 e. The van der Waals surface area contributed by atoms with Crippen molar-refractivity contribution in [2.75, 3.05) is 31.6 Å². The van der Waals surface area contributed by atoms with Crippen molar-refractivity contribution in [2.45, 2.75) is 11.4 Å². The molecule has 168 valence electrons. The van der Waals surface area contributed by atoms with Gasteiger partial charge in [0.05, 0.1) is 18.2 Å². The van der Waals surface area contributed by atoms with E-state index < -0.39 is 21.7 Å². The number of halogens is 2.